The van der Waals surface area contributed by atoms with Crippen LogP contribution in [0.2, 0.25) is 0 Å². The zero-order valence-corrected chi connectivity index (χ0v) is 14.6. The summed E-state index contributed by atoms with van der Waals surface area (Å²) in [5, 5.41) is 1.18. The number of carbonyl (C=O) groups is 1. The Hall–Kier alpha value is -2.07. The van der Waals surface area contributed by atoms with E-state index < -0.39 is 0 Å². The highest BCUT2D eigenvalue weighted by atomic mass is 16.5. The number of nitrogens with zero attached hydrogens (tertiary/aromatic N) is 2. The summed E-state index contributed by atoms with van der Waals surface area (Å²) in [6.45, 7) is 5.28. The van der Waals surface area contributed by atoms with Gasteiger partial charge >= 0.3 is 0 Å². The lowest BCUT2D eigenvalue weighted by Gasteiger charge is -2.31. The van der Waals surface area contributed by atoms with Gasteiger partial charge in [-0.2, -0.15) is 0 Å². The van der Waals surface area contributed by atoms with Gasteiger partial charge in [0, 0.05) is 62.1 Å². The number of ether oxygens (including phenoxy) is 1. The largest absolute Gasteiger partial charge is 0.381 e. The lowest BCUT2D eigenvalue weighted by atomic mass is 9.98. The number of aromatic nitrogens is 1. The van der Waals surface area contributed by atoms with Crippen molar-refractivity contribution in [2.75, 3.05) is 26.3 Å². The fourth-order valence-corrected chi connectivity index (χ4v) is 3.38. The molecule has 1 aliphatic heterocycles. The molecule has 0 radical (unpaired) electrons. The van der Waals surface area contributed by atoms with Crippen molar-refractivity contribution < 1.29 is 9.53 Å². The molecule has 0 atom stereocenters. The number of hydrogen-bond donors (Lipinski definition) is 0. The molecule has 1 aromatic carbocycles. The van der Waals surface area contributed by atoms with Crippen molar-refractivity contribution in [3.8, 4) is 0 Å². The zero-order valence-electron chi connectivity index (χ0n) is 14.6. The molecule has 4 nitrogen and oxygen atoms in total. The Morgan fingerprint density at radius 3 is 2.79 bits per heavy atom. The van der Waals surface area contributed by atoms with Crippen molar-refractivity contribution in [2.45, 2.75) is 19.8 Å². The Labute approximate surface area is 143 Å². The summed E-state index contributed by atoms with van der Waals surface area (Å²) in [6.07, 6.45) is 7.80. The molecule has 128 valence electrons. The topological polar surface area (TPSA) is 34.5 Å². The number of rotatable bonds is 5. The summed E-state index contributed by atoms with van der Waals surface area (Å²) >= 11 is 0. The minimum Gasteiger partial charge on any atom is -0.381 e. The number of piperidine rings is 1. The average molecular weight is 326 g/mol. The maximum absolute atomic E-state index is 12.4. The van der Waals surface area contributed by atoms with Crippen LogP contribution in [0.5, 0.6) is 0 Å². The van der Waals surface area contributed by atoms with E-state index in [9.17, 15) is 4.79 Å². The molecular weight excluding hydrogens is 300 g/mol. The van der Waals surface area contributed by atoms with E-state index in [2.05, 4.69) is 22.9 Å². The van der Waals surface area contributed by atoms with Crippen LogP contribution in [0.15, 0.2) is 36.5 Å². The molecule has 24 heavy (non-hydrogen) atoms. The molecule has 2 aromatic rings. The molecule has 1 amide bonds. The van der Waals surface area contributed by atoms with Crippen LogP contribution in [0.1, 0.15) is 25.3 Å². The fraction of sp³-hybridized carbons (Fsp3) is 0.450. The highest BCUT2D eigenvalue weighted by Gasteiger charge is 2.21. The van der Waals surface area contributed by atoms with Gasteiger partial charge in [0.05, 0.1) is 0 Å². The second-order valence-electron chi connectivity index (χ2n) is 6.47. The highest BCUT2D eigenvalue weighted by Crippen LogP contribution is 2.22. The van der Waals surface area contributed by atoms with Gasteiger partial charge in [-0.25, -0.2) is 0 Å². The molecule has 1 saturated heterocycles. The Kier molecular flexibility index (Phi) is 5.36. The maximum Gasteiger partial charge on any atom is 0.246 e. The van der Waals surface area contributed by atoms with Gasteiger partial charge in [0.15, 0.2) is 0 Å². The molecule has 0 aliphatic carbocycles. The van der Waals surface area contributed by atoms with E-state index in [1.165, 1.54) is 10.9 Å². The van der Waals surface area contributed by atoms with Crippen LogP contribution in [-0.2, 0) is 16.6 Å². The highest BCUT2D eigenvalue weighted by molar-refractivity contribution is 5.96. The molecule has 4 heteroatoms. The molecule has 0 N–H and O–H groups in total. The summed E-state index contributed by atoms with van der Waals surface area (Å²) in [4.78, 5) is 14.4. The smallest absolute Gasteiger partial charge is 0.246 e. The third-order valence-corrected chi connectivity index (χ3v) is 4.82. The first-order valence-electron chi connectivity index (χ1n) is 8.78. The van der Waals surface area contributed by atoms with E-state index in [-0.39, 0.29) is 5.91 Å². The van der Waals surface area contributed by atoms with E-state index in [1.807, 2.05) is 37.1 Å². The van der Waals surface area contributed by atoms with Gasteiger partial charge in [0.25, 0.3) is 0 Å². The Bertz CT molecular complexity index is 724. The molecule has 1 fully saturated rings. The van der Waals surface area contributed by atoms with E-state index in [0.717, 1.165) is 44.7 Å². The van der Waals surface area contributed by atoms with Gasteiger partial charge in [0.1, 0.15) is 0 Å². The van der Waals surface area contributed by atoms with Crippen molar-refractivity contribution in [1.29, 1.82) is 0 Å². The van der Waals surface area contributed by atoms with Crippen molar-refractivity contribution in [1.82, 2.24) is 9.47 Å². The Morgan fingerprint density at radius 1 is 1.29 bits per heavy atom. The number of carbonyl (C=O) groups excluding carboxylic acids is 1. The second-order valence-corrected chi connectivity index (χ2v) is 6.47. The molecule has 0 spiro atoms. The number of amides is 1. The first-order valence-corrected chi connectivity index (χ1v) is 8.78. The van der Waals surface area contributed by atoms with Crippen molar-refractivity contribution in [3.05, 3.63) is 42.1 Å². The molecule has 1 aliphatic rings. The van der Waals surface area contributed by atoms with Crippen LogP contribution in [0.25, 0.3) is 17.0 Å². The standard InChI is InChI=1S/C20H26N2O2/c1-3-24-15-16-10-12-22(13-11-16)20(23)9-8-17-14-21(2)19-7-5-4-6-18(17)19/h4-9,14,16H,3,10-13,15H2,1-2H3. The normalized spacial score (nSPS) is 16.3. The van der Waals surface area contributed by atoms with Crippen molar-refractivity contribution in [2.24, 2.45) is 13.0 Å². The third kappa shape index (κ3) is 3.70. The first kappa shape index (κ1) is 16.8. The number of likely N-dealkylation sites (tertiary alicyclic amines) is 1. The van der Waals surface area contributed by atoms with Crippen LogP contribution in [0, 0.1) is 5.92 Å². The molecular formula is C20H26N2O2. The number of para-hydroxylation sites is 1. The van der Waals surface area contributed by atoms with Gasteiger partial charge in [0.2, 0.25) is 5.91 Å². The Morgan fingerprint density at radius 2 is 2.04 bits per heavy atom. The SMILES string of the molecule is CCOCC1CCN(C(=O)C=Cc2cn(C)c3ccccc23)CC1. The fourth-order valence-electron chi connectivity index (χ4n) is 3.38. The van der Waals surface area contributed by atoms with Crippen LogP contribution in [0.4, 0.5) is 0 Å². The molecule has 1 aromatic heterocycles. The van der Waals surface area contributed by atoms with Gasteiger partial charge in [-0.05, 0) is 37.8 Å². The zero-order chi connectivity index (χ0) is 16.9. The van der Waals surface area contributed by atoms with E-state index in [1.54, 1.807) is 6.08 Å². The van der Waals surface area contributed by atoms with Crippen LogP contribution < -0.4 is 0 Å². The van der Waals surface area contributed by atoms with Gasteiger partial charge < -0.3 is 14.2 Å². The van der Waals surface area contributed by atoms with Gasteiger partial charge in [-0.15, -0.1) is 0 Å². The maximum atomic E-state index is 12.4. The summed E-state index contributed by atoms with van der Waals surface area (Å²) in [5.74, 6) is 0.703. The van der Waals surface area contributed by atoms with Crippen LogP contribution >= 0.6 is 0 Å². The summed E-state index contributed by atoms with van der Waals surface area (Å²) < 4.78 is 7.59. The summed E-state index contributed by atoms with van der Waals surface area (Å²) in [7, 11) is 2.03. The molecule has 0 saturated carbocycles. The molecule has 2 heterocycles. The van der Waals surface area contributed by atoms with Crippen LogP contribution in [0.3, 0.4) is 0 Å². The van der Waals surface area contributed by atoms with Gasteiger partial charge in [-0.3, -0.25) is 4.79 Å². The van der Waals surface area contributed by atoms with Gasteiger partial charge in [-0.1, -0.05) is 18.2 Å². The second kappa shape index (κ2) is 7.67. The quantitative estimate of drug-likeness (QED) is 0.789. The summed E-state index contributed by atoms with van der Waals surface area (Å²) in [5.41, 5.74) is 2.27. The third-order valence-electron chi connectivity index (χ3n) is 4.82. The number of hydrogen-bond acceptors (Lipinski definition) is 2. The molecule has 3 rings (SSSR count). The first-order chi connectivity index (χ1) is 11.7. The predicted molar refractivity (Wildman–Crippen MR) is 97.8 cm³/mol. The number of aryl methyl sites for hydroxylation is 1. The Balaban J connectivity index is 1.61. The van der Waals surface area contributed by atoms with E-state index in [0.29, 0.717) is 5.92 Å². The van der Waals surface area contributed by atoms with Crippen molar-refractivity contribution in [3.63, 3.8) is 0 Å². The molecule has 0 bridgehead atoms. The van der Waals surface area contributed by atoms with E-state index in [4.69, 9.17) is 4.74 Å². The monoisotopic (exact) mass is 326 g/mol. The number of benzene rings is 1. The predicted octanol–water partition coefficient (Wildman–Crippen LogP) is 3.47. The average Bonchev–Trinajstić information content (AvgIpc) is 2.95. The van der Waals surface area contributed by atoms with Crippen molar-refractivity contribution >= 4 is 22.9 Å². The lowest BCUT2D eigenvalue weighted by Crippen LogP contribution is -2.38. The molecule has 0 unspecified atom stereocenters. The number of fused-ring (bicyclic) bond motifs is 1. The van der Waals surface area contributed by atoms with Crippen LogP contribution in [-0.4, -0.2) is 41.7 Å². The van der Waals surface area contributed by atoms with E-state index >= 15 is 0 Å². The minimum absolute atomic E-state index is 0.109. The summed E-state index contributed by atoms with van der Waals surface area (Å²) in [6, 6.07) is 8.26. The lowest BCUT2D eigenvalue weighted by molar-refractivity contribution is -0.127. The minimum atomic E-state index is 0.109.